The molecule has 3 rings (SSSR count). The molecule has 0 radical (unpaired) electrons. The van der Waals surface area contributed by atoms with Crippen molar-refractivity contribution in [1.82, 2.24) is 9.62 Å². The number of benzene rings is 1. The Hall–Kier alpha value is -1.05. The Morgan fingerprint density at radius 1 is 1.12 bits per heavy atom. The van der Waals surface area contributed by atoms with Crippen molar-refractivity contribution in [3.05, 3.63) is 30.3 Å². The van der Waals surface area contributed by atoms with Gasteiger partial charge in [0.2, 0.25) is 15.9 Å². The summed E-state index contributed by atoms with van der Waals surface area (Å²) in [6.45, 7) is 0.769. The third kappa shape index (κ3) is 4.13. The molecule has 7 heteroatoms. The summed E-state index contributed by atoms with van der Waals surface area (Å²) in [5.41, 5.74) is 0. The van der Waals surface area contributed by atoms with Crippen molar-refractivity contribution in [2.24, 2.45) is 5.92 Å². The van der Waals surface area contributed by atoms with E-state index >= 15 is 0 Å². The zero-order chi connectivity index (χ0) is 17.0. The van der Waals surface area contributed by atoms with Crippen molar-refractivity contribution in [3.63, 3.8) is 0 Å². The van der Waals surface area contributed by atoms with Crippen LogP contribution in [0.3, 0.4) is 0 Å². The molecule has 2 aliphatic rings. The van der Waals surface area contributed by atoms with Gasteiger partial charge in [0.15, 0.2) is 0 Å². The van der Waals surface area contributed by atoms with Crippen molar-refractivity contribution in [2.75, 3.05) is 24.6 Å². The normalized spacial score (nSPS) is 23.8. The molecule has 1 unspecified atom stereocenters. The average Bonchev–Trinajstić information content (AvgIpc) is 2.63. The summed E-state index contributed by atoms with van der Waals surface area (Å²) < 4.78 is 26.9. The second-order valence-electron chi connectivity index (χ2n) is 6.41. The molecule has 0 aliphatic carbocycles. The number of thioether (sulfide) groups is 1. The molecule has 1 N–H and O–H groups in total. The molecule has 0 saturated carbocycles. The molecule has 132 valence electrons. The number of piperidine rings is 1. The molecule has 2 heterocycles. The van der Waals surface area contributed by atoms with Gasteiger partial charge in [0.05, 0.1) is 10.8 Å². The molecule has 2 fully saturated rings. The topological polar surface area (TPSA) is 66.5 Å². The smallest absolute Gasteiger partial charge is 0.243 e. The molecule has 1 atom stereocenters. The Morgan fingerprint density at radius 2 is 1.83 bits per heavy atom. The zero-order valence-electron chi connectivity index (χ0n) is 13.7. The van der Waals surface area contributed by atoms with Crippen LogP contribution in [0.25, 0.3) is 0 Å². The van der Waals surface area contributed by atoms with E-state index in [0.717, 1.165) is 37.2 Å². The van der Waals surface area contributed by atoms with Crippen molar-refractivity contribution in [1.29, 1.82) is 0 Å². The lowest BCUT2D eigenvalue weighted by Gasteiger charge is -2.32. The lowest BCUT2D eigenvalue weighted by molar-refractivity contribution is -0.126. The van der Waals surface area contributed by atoms with Crippen LogP contribution in [-0.2, 0) is 14.8 Å². The average molecular weight is 369 g/mol. The highest BCUT2D eigenvalue weighted by molar-refractivity contribution is 7.99. The number of rotatable bonds is 4. The van der Waals surface area contributed by atoms with Crippen LogP contribution in [0.5, 0.6) is 0 Å². The maximum atomic E-state index is 12.7. The fourth-order valence-electron chi connectivity index (χ4n) is 3.28. The Kier molecular flexibility index (Phi) is 5.84. The van der Waals surface area contributed by atoms with E-state index in [1.807, 2.05) is 11.8 Å². The minimum absolute atomic E-state index is 0.0138. The lowest BCUT2D eigenvalue weighted by Crippen LogP contribution is -2.48. The van der Waals surface area contributed by atoms with E-state index in [-0.39, 0.29) is 24.4 Å². The van der Waals surface area contributed by atoms with E-state index in [0.29, 0.717) is 11.4 Å². The number of nitrogens with one attached hydrogen (secondary N) is 1. The number of hydrogen-bond acceptors (Lipinski definition) is 4. The largest absolute Gasteiger partial charge is 0.353 e. The van der Waals surface area contributed by atoms with E-state index in [1.165, 1.54) is 4.31 Å². The predicted octanol–water partition coefficient (Wildman–Crippen LogP) is 2.10. The number of carbonyl (C=O) groups excluding carboxylic acids is 1. The Morgan fingerprint density at radius 3 is 2.54 bits per heavy atom. The zero-order valence-corrected chi connectivity index (χ0v) is 15.3. The van der Waals surface area contributed by atoms with E-state index in [9.17, 15) is 13.2 Å². The first-order chi connectivity index (χ1) is 11.6. The van der Waals surface area contributed by atoms with Gasteiger partial charge in [-0.15, -0.1) is 0 Å². The van der Waals surface area contributed by atoms with E-state index < -0.39 is 10.0 Å². The SMILES string of the molecule is O=C(NC1CCSCC1)C1CCCN(S(=O)(=O)c2ccccc2)C1. The molecule has 2 saturated heterocycles. The molecule has 1 aromatic carbocycles. The molecule has 1 aromatic rings. The van der Waals surface area contributed by atoms with Crippen LogP contribution in [0.4, 0.5) is 0 Å². The number of amides is 1. The summed E-state index contributed by atoms with van der Waals surface area (Å²) in [6, 6.07) is 8.72. The van der Waals surface area contributed by atoms with Gasteiger partial charge < -0.3 is 5.32 Å². The van der Waals surface area contributed by atoms with Crippen LogP contribution in [-0.4, -0.2) is 49.3 Å². The van der Waals surface area contributed by atoms with E-state index in [1.54, 1.807) is 30.3 Å². The standard InChI is InChI=1S/C17H24N2O3S2/c20-17(18-15-8-11-23-12-9-15)14-5-4-10-19(13-14)24(21,22)16-6-2-1-3-7-16/h1-3,6-7,14-15H,4-5,8-13H2,(H,18,20). The monoisotopic (exact) mass is 368 g/mol. The van der Waals surface area contributed by atoms with Gasteiger partial charge in [0, 0.05) is 19.1 Å². The van der Waals surface area contributed by atoms with Gasteiger partial charge >= 0.3 is 0 Å². The van der Waals surface area contributed by atoms with Crippen molar-refractivity contribution < 1.29 is 13.2 Å². The summed E-state index contributed by atoms with van der Waals surface area (Å²) >= 11 is 1.92. The molecule has 0 bridgehead atoms. The van der Waals surface area contributed by atoms with E-state index in [2.05, 4.69) is 5.32 Å². The molecular formula is C17H24N2O3S2. The maximum absolute atomic E-state index is 12.7. The third-order valence-corrected chi connectivity index (χ3v) is 7.63. The highest BCUT2D eigenvalue weighted by Crippen LogP contribution is 2.24. The molecule has 0 spiro atoms. The number of carbonyl (C=O) groups is 1. The first kappa shape index (κ1) is 17.8. The Bertz CT molecular complexity index is 658. The summed E-state index contributed by atoms with van der Waals surface area (Å²) in [5, 5.41) is 3.13. The molecule has 5 nitrogen and oxygen atoms in total. The molecule has 2 aliphatic heterocycles. The first-order valence-electron chi connectivity index (χ1n) is 8.50. The summed E-state index contributed by atoms with van der Waals surface area (Å²) in [7, 11) is -3.51. The van der Waals surface area contributed by atoms with Crippen LogP contribution in [0.15, 0.2) is 35.2 Å². The number of hydrogen-bond donors (Lipinski definition) is 1. The highest BCUT2D eigenvalue weighted by atomic mass is 32.2. The van der Waals surface area contributed by atoms with Crippen LogP contribution < -0.4 is 5.32 Å². The van der Waals surface area contributed by atoms with Crippen molar-refractivity contribution in [3.8, 4) is 0 Å². The highest BCUT2D eigenvalue weighted by Gasteiger charge is 2.33. The van der Waals surface area contributed by atoms with Gasteiger partial charge in [-0.2, -0.15) is 16.1 Å². The number of sulfonamides is 1. The minimum Gasteiger partial charge on any atom is -0.353 e. The van der Waals surface area contributed by atoms with Crippen molar-refractivity contribution in [2.45, 2.75) is 36.6 Å². The second-order valence-corrected chi connectivity index (χ2v) is 9.57. The summed E-state index contributed by atoms with van der Waals surface area (Å²) in [4.78, 5) is 12.8. The van der Waals surface area contributed by atoms with Crippen LogP contribution in [0.1, 0.15) is 25.7 Å². The van der Waals surface area contributed by atoms with Gasteiger partial charge in [-0.1, -0.05) is 18.2 Å². The predicted molar refractivity (Wildman–Crippen MR) is 96.4 cm³/mol. The quantitative estimate of drug-likeness (QED) is 0.884. The van der Waals surface area contributed by atoms with Gasteiger partial charge in [-0.25, -0.2) is 8.42 Å². The second kappa shape index (κ2) is 7.89. The lowest BCUT2D eigenvalue weighted by atomic mass is 9.98. The summed E-state index contributed by atoms with van der Waals surface area (Å²) in [6.07, 6.45) is 3.50. The summed E-state index contributed by atoms with van der Waals surface area (Å²) in [5.74, 6) is 1.94. The fraction of sp³-hybridized carbons (Fsp3) is 0.588. The van der Waals surface area contributed by atoms with Gasteiger partial charge in [0.1, 0.15) is 0 Å². The maximum Gasteiger partial charge on any atom is 0.243 e. The molecule has 1 amide bonds. The molecule has 0 aromatic heterocycles. The van der Waals surface area contributed by atoms with Crippen LogP contribution in [0.2, 0.25) is 0 Å². The van der Waals surface area contributed by atoms with Crippen LogP contribution >= 0.6 is 11.8 Å². The molecular weight excluding hydrogens is 344 g/mol. The first-order valence-corrected chi connectivity index (χ1v) is 11.1. The minimum atomic E-state index is -3.51. The van der Waals surface area contributed by atoms with Gasteiger partial charge in [-0.3, -0.25) is 4.79 Å². The van der Waals surface area contributed by atoms with Gasteiger partial charge in [0.25, 0.3) is 0 Å². The Labute approximate surface area is 148 Å². The van der Waals surface area contributed by atoms with Crippen LogP contribution in [0, 0.1) is 5.92 Å². The number of nitrogens with zero attached hydrogens (tertiary/aromatic N) is 1. The molecule has 24 heavy (non-hydrogen) atoms. The fourth-order valence-corrected chi connectivity index (χ4v) is 5.93. The van der Waals surface area contributed by atoms with E-state index in [4.69, 9.17) is 0 Å². The third-order valence-electron chi connectivity index (χ3n) is 4.70. The van der Waals surface area contributed by atoms with Gasteiger partial charge in [-0.05, 0) is 49.3 Å². The Balaban J connectivity index is 1.64. The van der Waals surface area contributed by atoms with Crippen molar-refractivity contribution >= 4 is 27.7 Å².